The molecule has 1 aromatic rings. The number of carbonyl (C=O) groups is 1. The Hall–Kier alpha value is -1.55. The third kappa shape index (κ3) is 3.01. The second-order valence-electron chi connectivity index (χ2n) is 4.63. The van der Waals surface area contributed by atoms with E-state index in [2.05, 4.69) is 11.9 Å². The lowest BCUT2D eigenvalue weighted by atomic mass is 10.1. The van der Waals surface area contributed by atoms with Crippen molar-refractivity contribution < 1.29 is 14.3 Å². The van der Waals surface area contributed by atoms with Crippen molar-refractivity contribution in [3.05, 3.63) is 29.8 Å². The van der Waals surface area contributed by atoms with E-state index < -0.39 is 0 Å². The molecule has 0 radical (unpaired) electrons. The zero-order valence-corrected chi connectivity index (χ0v) is 10.9. The summed E-state index contributed by atoms with van der Waals surface area (Å²) in [5, 5.41) is 0. The van der Waals surface area contributed by atoms with Gasteiger partial charge in [0, 0.05) is 6.54 Å². The zero-order valence-electron chi connectivity index (χ0n) is 10.9. The largest absolute Gasteiger partial charge is 0.488 e. The number of ether oxygens (including phenoxy) is 2. The van der Waals surface area contributed by atoms with Gasteiger partial charge in [-0.3, -0.25) is 0 Å². The van der Waals surface area contributed by atoms with Crippen molar-refractivity contribution >= 4 is 5.97 Å². The first-order chi connectivity index (χ1) is 8.70. The molecule has 0 saturated carbocycles. The fourth-order valence-electron chi connectivity index (χ4n) is 2.24. The molecule has 1 heterocycles. The van der Waals surface area contributed by atoms with Crippen molar-refractivity contribution in [1.29, 1.82) is 0 Å². The Balaban J connectivity index is 2.10. The molecule has 1 fully saturated rings. The monoisotopic (exact) mass is 249 g/mol. The van der Waals surface area contributed by atoms with Crippen LogP contribution in [0.25, 0.3) is 0 Å². The lowest BCUT2D eigenvalue weighted by Crippen LogP contribution is -2.38. The smallest absolute Gasteiger partial charge is 0.341 e. The summed E-state index contributed by atoms with van der Waals surface area (Å²) in [5.74, 6) is 0.263. The summed E-state index contributed by atoms with van der Waals surface area (Å²) in [7, 11) is 3.47. The summed E-state index contributed by atoms with van der Waals surface area (Å²) >= 11 is 0. The lowest BCUT2D eigenvalue weighted by Gasteiger charge is -2.30. The van der Waals surface area contributed by atoms with Gasteiger partial charge in [0.2, 0.25) is 0 Å². The number of methoxy groups -OCH3 is 1. The third-order valence-electron chi connectivity index (χ3n) is 3.17. The van der Waals surface area contributed by atoms with E-state index in [-0.39, 0.29) is 12.1 Å². The van der Waals surface area contributed by atoms with Crippen LogP contribution < -0.4 is 4.74 Å². The van der Waals surface area contributed by atoms with Crippen molar-refractivity contribution in [2.24, 2.45) is 0 Å². The van der Waals surface area contributed by atoms with Gasteiger partial charge in [-0.2, -0.15) is 0 Å². The van der Waals surface area contributed by atoms with Gasteiger partial charge in [-0.15, -0.1) is 0 Å². The number of piperidine rings is 1. The Bertz CT molecular complexity index is 419. The van der Waals surface area contributed by atoms with Crippen LogP contribution in [0.15, 0.2) is 24.3 Å². The van der Waals surface area contributed by atoms with E-state index in [1.807, 2.05) is 18.2 Å². The Morgan fingerprint density at radius 1 is 1.39 bits per heavy atom. The number of carbonyl (C=O) groups excluding carboxylic acids is 1. The number of hydrogen-bond acceptors (Lipinski definition) is 4. The molecule has 4 heteroatoms. The number of hydrogen-bond donors (Lipinski definition) is 0. The highest BCUT2D eigenvalue weighted by Crippen LogP contribution is 2.22. The molecule has 0 N–H and O–H groups in total. The van der Waals surface area contributed by atoms with Crippen molar-refractivity contribution in [2.75, 3.05) is 27.2 Å². The van der Waals surface area contributed by atoms with Crippen LogP contribution in [0.5, 0.6) is 5.75 Å². The molecule has 1 aliphatic heterocycles. The fourth-order valence-corrected chi connectivity index (χ4v) is 2.24. The highest BCUT2D eigenvalue weighted by molar-refractivity contribution is 5.92. The van der Waals surface area contributed by atoms with Crippen LogP contribution >= 0.6 is 0 Å². The van der Waals surface area contributed by atoms with Crippen LogP contribution in [0.1, 0.15) is 23.2 Å². The maximum absolute atomic E-state index is 11.6. The van der Waals surface area contributed by atoms with Gasteiger partial charge in [0.25, 0.3) is 0 Å². The van der Waals surface area contributed by atoms with Gasteiger partial charge >= 0.3 is 5.97 Å². The van der Waals surface area contributed by atoms with E-state index >= 15 is 0 Å². The van der Waals surface area contributed by atoms with Crippen LogP contribution in [0, 0.1) is 0 Å². The lowest BCUT2D eigenvalue weighted by molar-refractivity contribution is 0.0584. The summed E-state index contributed by atoms with van der Waals surface area (Å²) in [6, 6.07) is 7.23. The molecule has 18 heavy (non-hydrogen) atoms. The number of para-hydroxylation sites is 1. The summed E-state index contributed by atoms with van der Waals surface area (Å²) in [6.07, 6.45) is 2.30. The summed E-state index contributed by atoms with van der Waals surface area (Å²) < 4.78 is 10.7. The molecular formula is C14H19NO3. The highest BCUT2D eigenvalue weighted by Gasteiger charge is 2.21. The minimum absolute atomic E-state index is 0.148. The maximum Gasteiger partial charge on any atom is 0.341 e. The standard InChI is InChI=1S/C14H19NO3/c1-15-9-5-6-11(10-15)18-13-8-4-3-7-12(13)14(16)17-2/h3-4,7-8,11H,5-6,9-10H2,1-2H3. The summed E-state index contributed by atoms with van der Waals surface area (Å²) in [5.41, 5.74) is 0.494. The Morgan fingerprint density at radius 3 is 2.89 bits per heavy atom. The van der Waals surface area contributed by atoms with E-state index in [4.69, 9.17) is 9.47 Å². The van der Waals surface area contributed by atoms with Gasteiger partial charge in [-0.05, 0) is 38.6 Å². The molecule has 1 aliphatic rings. The molecule has 0 spiro atoms. The first-order valence-corrected chi connectivity index (χ1v) is 6.23. The van der Waals surface area contributed by atoms with Crippen molar-refractivity contribution in [1.82, 2.24) is 4.90 Å². The summed E-state index contributed by atoms with van der Waals surface area (Å²) in [6.45, 7) is 2.01. The van der Waals surface area contributed by atoms with E-state index in [9.17, 15) is 4.79 Å². The molecule has 1 atom stereocenters. The first kappa shape index (κ1) is 12.9. The van der Waals surface area contributed by atoms with Gasteiger partial charge in [-0.25, -0.2) is 4.79 Å². The molecule has 1 saturated heterocycles. The number of benzene rings is 1. The molecule has 2 rings (SSSR count). The molecule has 0 aromatic heterocycles. The Kier molecular flexibility index (Phi) is 4.20. The van der Waals surface area contributed by atoms with Gasteiger partial charge in [0.15, 0.2) is 0 Å². The number of likely N-dealkylation sites (N-methyl/N-ethyl adjacent to an activating group) is 1. The van der Waals surface area contributed by atoms with E-state index in [1.165, 1.54) is 7.11 Å². The average molecular weight is 249 g/mol. The van der Waals surface area contributed by atoms with Crippen LogP contribution in [-0.2, 0) is 4.74 Å². The van der Waals surface area contributed by atoms with Crippen LogP contribution in [-0.4, -0.2) is 44.2 Å². The number of likely N-dealkylation sites (tertiary alicyclic amines) is 1. The molecule has 1 aromatic carbocycles. The highest BCUT2D eigenvalue weighted by atomic mass is 16.5. The third-order valence-corrected chi connectivity index (χ3v) is 3.17. The Morgan fingerprint density at radius 2 is 2.17 bits per heavy atom. The molecule has 1 unspecified atom stereocenters. The van der Waals surface area contributed by atoms with Gasteiger partial charge in [-0.1, -0.05) is 12.1 Å². The van der Waals surface area contributed by atoms with Crippen LogP contribution in [0.2, 0.25) is 0 Å². The minimum Gasteiger partial charge on any atom is -0.488 e. The summed E-state index contributed by atoms with van der Waals surface area (Å²) in [4.78, 5) is 13.9. The van der Waals surface area contributed by atoms with Crippen LogP contribution in [0.4, 0.5) is 0 Å². The van der Waals surface area contributed by atoms with Crippen molar-refractivity contribution in [3.8, 4) is 5.75 Å². The molecule has 0 bridgehead atoms. The average Bonchev–Trinajstić information content (AvgIpc) is 2.38. The van der Waals surface area contributed by atoms with E-state index in [0.29, 0.717) is 11.3 Å². The predicted octanol–water partition coefficient (Wildman–Crippen LogP) is 1.95. The number of esters is 1. The van der Waals surface area contributed by atoms with E-state index in [0.717, 1.165) is 25.9 Å². The van der Waals surface area contributed by atoms with Gasteiger partial charge in [0.1, 0.15) is 17.4 Å². The van der Waals surface area contributed by atoms with Gasteiger partial charge < -0.3 is 14.4 Å². The second-order valence-corrected chi connectivity index (χ2v) is 4.63. The number of rotatable bonds is 3. The molecule has 4 nitrogen and oxygen atoms in total. The topological polar surface area (TPSA) is 38.8 Å². The first-order valence-electron chi connectivity index (χ1n) is 6.23. The van der Waals surface area contributed by atoms with Gasteiger partial charge in [0.05, 0.1) is 7.11 Å². The molecular weight excluding hydrogens is 230 g/mol. The molecule has 0 amide bonds. The quantitative estimate of drug-likeness (QED) is 0.767. The van der Waals surface area contributed by atoms with Crippen LogP contribution in [0.3, 0.4) is 0 Å². The molecule has 0 aliphatic carbocycles. The van der Waals surface area contributed by atoms with Crippen molar-refractivity contribution in [2.45, 2.75) is 18.9 Å². The van der Waals surface area contributed by atoms with Crippen molar-refractivity contribution in [3.63, 3.8) is 0 Å². The Labute approximate surface area is 107 Å². The SMILES string of the molecule is COC(=O)c1ccccc1OC1CCCN(C)C1. The number of nitrogens with zero attached hydrogens (tertiary/aromatic N) is 1. The van der Waals surface area contributed by atoms with E-state index in [1.54, 1.807) is 6.07 Å². The maximum atomic E-state index is 11.6. The fraction of sp³-hybridized carbons (Fsp3) is 0.500. The second kappa shape index (κ2) is 5.87. The minimum atomic E-state index is -0.352. The zero-order chi connectivity index (χ0) is 13.0. The molecule has 98 valence electrons. The predicted molar refractivity (Wildman–Crippen MR) is 68.9 cm³/mol. The normalized spacial score (nSPS) is 20.4.